The predicted molar refractivity (Wildman–Crippen MR) is 68.8 cm³/mol. The average Bonchev–Trinajstić information content (AvgIpc) is 2.45. The van der Waals surface area contributed by atoms with Gasteiger partial charge in [0.15, 0.2) is 0 Å². The summed E-state index contributed by atoms with van der Waals surface area (Å²) in [5.74, 6) is -1.17. The molecule has 0 spiro atoms. The fourth-order valence-electron chi connectivity index (χ4n) is 1.67. The van der Waals surface area contributed by atoms with Gasteiger partial charge in [0.05, 0.1) is 17.2 Å². The van der Waals surface area contributed by atoms with E-state index in [4.69, 9.17) is 15.1 Å². The van der Waals surface area contributed by atoms with Crippen molar-refractivity contribution in [2.24, 2.45) is 0 Å². The Morgan fingerprint density at radius 2 is 2.10 bits per heavy atom. The van der Waals surface area contributed by atoms with Gasteiger partial charge in [0.2, 0.25) is 0 Å². The van der Waals surface area contributed by atoms with Gasteiger partial charge < -0.3 is 9.84 Å². The number of halogens is 1. The van der Waals surface area contributed by atoms with Crippen LogP contribution in [0, 0.1) is 17.1 Å². The molecule has 0 atom stereocenters. The second kappa shape index (κ2) is 5.85. The van der Waals surface area contributed by atoms with Crippen molar-refractivity contribution in [2.45, 2.75) is 6.61 Å². The van der Waals surface area contributed by atoms with E-state index in [1.807, 2.05) is 6.07 Å². The highest BCUT2D eigenvalue weighted by Gasteiger charge is 2.07. The molecule has 1 N–H and O–H groups in total. The largest absolute Gasteiger partial charge is 0.489 e. The van der Waals surface area contributed by atoms with Crippen LogP contribution in [0.15, 0.2) is 42.5 Å². The number of hydrogen-bond donors (Lipinski definition) is 1. The molecule has 2 aromatic carbocycles. The lowest BCUT2D eigenvalue weighted by molar-refractivity contribution is 0.0696. The molecule has 5 heteroatoms. The summed E-state index contributed by atoms with van der Waals surface area (Å²) in [6.07, 6.45) is 0. The van der Waals surface area contributed by atoms with Crippen LogP contribution in [-0.4, -0.2) is 11.1 Å². The first kappa shape index (κ1) is 13.6. The van der Waals surface area contributed by atoms with Crippen LogP contribution in [0.3, 0.4) is 0 Å². The van der Waals surface area contributed by atoms with E-state index in [9.17, 15) is 9.18 Å². The van der Waals surface area contributed by atoms with Crippen molar-refractivity contribution in [2.75, 3.05) is 0 Å². The Morgan fingerprint density at radius 3 is 2.80 bits per heavy atom. The number of carboxylic acids is 1. The van der Waals surface area contributed by atoms with Crippen LogP contribution in [-0.2, 0) is 6.61 Å². The third kappa shape index (κ3) is 3.12. The van der Waals surface area contributed by atoms with E-state index in [2.05, 4.69) is 0 Å². The normalized spacial score (nSPS) is 9.80. The highest BCUT2D eigenvalue weighted by atomic mass is 19.1. The van der Waals surface area contributed by atoms with E-state index in [1.54, 1.807) is 12.1 Å². The molecule has 0 aliphatic rings. The first-order chi connectivity index (χ1) is 9.60. The third-order valence-corrected chi connectivity index (χ3v) is 2.66. The molecule has 0 saturated heterocycles. The van der Waals surface area contributed by atoms with Crippen molar-refractivity contribution in [3.05, 3.63) is 65.0 Å². The fourth-order valence-corrected chi connectivity index (χ4v) is 1.67. The first-order valence-electron chi connectivity index (χ1n) is 5.75. The number of nitriles is 1. The quantitative estimate of drug-likeness (QED) is 0.928. The molecule has 100 valence electrons. The summed E-state index contributed by atoms with van der Waals surface area (Å²) in [4.78, 5) is 10.8. The van der Waals surface area contributed by atoms with Gasteiger partial charge in [-0.1, -0.05) is 6.07 Å². The van der Waals surface area contributed by atoms with Crippen molar-refractivity contribution in [1.82, 2.24) is 0 Å². The van der Waals surface area contributed by atoms with Crippen molar-refractivity contribution in [3.63, 3.8) is 0 Å². The number of hydrogen-bond acceptors (Lipinski definition) is 3. The van der Waals surface area contributed by atoms with E-state index in [-0.39, 0.29) is 12.2 Å². The number of carbonyl (C=O) groups is 1. The molecule has 0 aliphatic heterocycles. The zero-order valence-electron chi connectivity index (χ0n) is 10.3. The second-order valence-electron chi connectivity index (χ2n) is 4.03. The molecule has 2 rings (SSSR count). The summed E-state index contributed by atoms with van der Waals surface area (Å²) < 4.78 is 18.5. The Morgan fingerprint density at radius 1 is 1.30 bits per heavy atom. The van der Waals surface area contributed by atoms with Crippen LogP contribution in [0.25, 0.3) is 0 Å². The Labute approximate surface area is 114 Å². The summed E-state index contributed by atoms with van der Waals surface area (Å²) in [6.45, 7) is -0.0102. The summed E-state index contributed by atoms with van der Waals surface area (Å²) in [6, 6.07) is 11.7. The van der Waals surface area contributed by atoms with Crippen LogP contribution in [0.1, 0.15) is 21.5 Å². The number of benzene rings is 2. The Balaban J connectivity index is 2.17. The number of nitrogens with zero attached hydrogens (tertiary/aromatic N) is 1. The minimum Gasteiger partial charge on any atom is -0.489 e. The molecule has 20 heavy (non-hydrogen) atoms. The van der Waals surface area contributed by atoms with Crippen LogP contribution >= 0.6 is 0 Å². The number of aromatic carboxylic acids is 1. The van der Waals surface area contributed by atoms with Gasteiger partial charge in [0.25, 0.3) is 0 Å². The van der Waals surface area contributed by atoms with Gasteiger partial charge in [-0.25, -0.2) is 9.18 Å². The molecular weight excluding hydrogens is 261 g/mol. The van der Waals surface area contributed by atoms with Crippen molar-refractivity contribution >= 4 is 5.97 Å². The minimum atomic E-state index is -1.06. The number of ether oxygens (including phenoxy) is 1. The molecule has 4 nitrogen and oxygen atoms in total. The minimum absolute atomic E-state index is 0.0102. The molecule has 0 bridgehead atoms. The van der Waals surface area contributed by atoms with Gasteiger partial charge in [-0.15, -0.1) is 0 Å². The standard InChI is InChI=1S/C15H10FNO3/c16-13-5-4-11(8-17)12(6-13)9-20-14-3-1-2-10(7-14)15(18)19/h1-7H,9H2,(H,18,19). The molecule has 0 fully saturated rings. The van der Waals surface area contributed by atoms with Crippen LogP contribution in [0.2, 0.25) is 0 Å². The monoisotopic (exact) mass is 271 g/mol. The third-order valence-electron chi connectivity index (χ3n) is 2.66. The maximum absolute atomic E-state index is 13.1. The molecule has 0 radical (unpaired) electrons. The lowest BCUT2D eigenvalue weighted by Gasteiger charge is -2.08. The first-order valence-corrected chi connectivity index (χ1v) is 5.75. The summed E-state index contributed by atoms with van der Waals surface area (Å²) in [5.41, 5.74) is 0.830. The van der Waals surface area contributed by atoms with Gasteiger partial charge >= 0.3 is 5.97 Å². The Bertz CT molecular complexity index is 692. The second-order valence-corrected chi connectivity index (χ2v) is 4.03. The molecule has 0 saturated carbocycles. The Hall–Kier alpha value is -2.87. The summed E-state index contributed by atoms with van der Waals surface area (Å²) >= 11 is 0. The van der Waals surface area contributed by atoms with E-state index in [0.717, 1.165) is 0 Å². The van der Waals surface area contributed by atoms with Gasteiger partial charge in [-0.05, 0) is 36.4 Å². The number of carboxylic acid groups (broad SMARTS) is 1. The Kier molecular flexibility index (Phi) is 3.96. The van der Waals surface area contributed by atoms with Gasteiger partial charge in [0.1, 0.15) is 18.2 Å². The van der Waals surface area contributed by atoms with E-state index >= 15 is 0 Å². The molecular formula is C15H10FNO3. The highest BCUT2D eigenvalue weighted by Crippen LogP contribution is 2.17. The van der Waals surface area contributed by atoms with E-state index < -0.39 is 11.8 Å². The van der Waals surface area contributed by atoms with E-state index in [1.165, 1.54) is 30.3 Å². The molecule has 0 aliphatic carbocycles. The maximum Gasteiger partial charge on any atom is 0.335 e. The predicted octanol–water partition coefficient (Wildman–Crippen LogP) is 2.97. The summed E-state index contributed by atoms with van der Waals surface area (Å²) in [5, 5.41) is 17.8. The molecule has 2 aromatic rings. The highest BCUT2D eigenvalue weighted by molar-refractivity contribution is 5.87. The SMILES string of the molecule is N#Cc1ccc(F)cc1COc1cccc(C(=O)O)c1. The lowest BCUT2D eigenvalue weighted by Crippen LogP contribution is -2.01. The topological polar surface area (TPSA) is 70.3 Å². The van der Waals surface area contributed by atoms with Gasteiger partial charge in [-0.2, -0.15) is 5.26 Å². The van der Waals surface area contributed by atoms with Gasteiger partial charge in [0, 0.05) is 5.56 Å². The number of rotatable bonds is 4. The fraction of sp³-hybridized carbons (Fsp3) is 0.0667. The average molecular weight is 271 g/mol. The maximum atomic E-state index is 13.1. The van der Waals surface area contributed by atoms with Gasteiger partial charge in [-0.3, -0.25) is 0 Å². The van der Waals surface area contributed by atoms with Crippen LogP contribution < -0.4 is 4.74 Å². The van der Waals surface area contributed by atoms with Crippen LogP contribution in [0.5, 0.6) is 5.75 Å². The zero-order chi connectivity index (χ0) is 14.5. The zero-order valence-corrected chi connectivity index (χ0v) is 10.3. The molecule has 0 heterocycles. The van der Waals surface area contributed by atoms with Crippen LogP contribution in [0.4, 0.5) is 4.39 Å². The molecule has 0 amide bonds. The van der Waals surface area contributed by atoms with Crippen molar-refractivity contribution < 1.29 is 19.0 Å². The van der Waals surface area contributed by atoms with Crippen molar-refractivity contribution in [1.29, 1.82) is 5.26 Å². The molecule has 0 unspecified atom stereocenters. The summed E-state index contributed by atoms with van der Waals surface area (Å²) in [7, 11) is 0. The smallest absolute Gasteiger partial charge is 0.335 e. The lowest BCUT2D eigenvalue weighted by atomic mass is 10.1. The molecule has 0 aromatic heterocycles. The van der Waals surface area contributed by atoms with Crippen molar-refractivity contribution in [3.8, 4) is 11.8 Å². The van der Waals surface area contributed by atoms with E-state index in [0.29, 0.717) is 16.9 Å².